The molecule has 0 bridgehead atoms. The first-order valence-electron chi connectivity index (χ1n) is 11.8. The van der Waals surface area contributed by atoms with E-state index in [1.165, 1.54) is 18.8 Å². The summed E-state index contributed by atoms with van der Waals surface area (Å²) in [5.74, 6) is 0.0793. The van der Waals surface area contributed by atoms with E-state index < -0.39 is 17.3 Å². The number of likely N-dealkylation sites (tertiary alicyclic amines) is 1. The second-order valence-electron chi connectivity index (χ2n) is 8.47. The second-order valence-corrected chi connectivity index (χ2v) is 8.47. The highest BCUT2D eigenvalue weighted by atomic mass is 16.5. The number of ether oxygens (including phenoxy) is 2. The van der Waals surface area contributed by atoms with E-state index in [9.17, 15) is 14.7 Å². The Bertz CT molecular complexity index is 1240. The molecule has 0 spiro atoms. The normalized spacial score (nSPS) is 15.3. The van der Waals surface area contributed by atoms with Gasteiger partial charge >= 0.3 is 0 Å². The highest BCUT2D eigenvalue weighted by Crippen LogP contribution is 2.33. The Balaban J connectivity index is 1.80. The zero-order valence-corrected chi connectivity index (χ0v) is 20.2. The van der Waals surface area contributed by atoms with Crippen LogP contribution >= 0.6 is 0 Å². The first-order chi connectivity index (χ1) is 17.0. The summed E-state index contributed by atoms with van der Waals surface area (Å²) in [4.78, 5) is 37.7. The molecule has 184 valence electrons. The van der Waals surface area contributed by atoms with E-state index in [2.05, 4.69) is 9.97 Å². The average Bonchev–Trinajstić information content (AvgIpc) is 3.38. The van der Waals surface area contributed by atoms with Crippen LogP contribution in [0, 0.1) is 0 Å². The minimum atomic E-state index is -0.655. The zero-order valence-electron chi connectivity index (χ0n) is 20.2. The maximum absolute atomic E-state index is 13.9. The number of nitrogens with zero attached hydrogens (tertiary/aromatic N) is 4. The van der Waals surface area contributed by atoms with Crippen molar-refractivity contribution in [2.45, 2.75) is 38.5 Å². The van der Waals surface area contributed by atoms with Gasteiger partial charge in [-0.2, -0.15) is 4.98 Å². The summed E-state index contributed by atoms with van der Waals surface area (Å²) in [6.07, 6.45) is 4.49. The predicted octanol–water partition coefficient (Wildman–Crippen LogP) is 3.32. The van der Waals surface area contributed by atoms with Gasteiger partial charge in [0.15, 0.2) is 5.56 Å². The van der Waals surface area contributed by atoms with Crippen LogP contribution in [0.3, 0.4) is 0 Å². The number of hydrogen-bond acceptors (Lipinski definition) is 7. The Labute approximate surface area is 204 Å². The summed E-state index contributed by atoms with van der Waals surface area (Å²) in [6, 6.07) is 10.9. The molecular weight excluding hydrogens is 448 g/mol. The molecular formula is C26H30N4O5. The fourth-order valence-electron chi connectivity index (χ4n) is 4.49. The molecule has 0 radical (unpaired) electrons. The fourth-order valence-corrected chi connectivity index (χ4v) is 4.49. The van der Waals surface area contributed by atoms with Crippen LogP contribution in [0.5, 0.6) is 17.4 Å². The third-order valence-corrected chi connectivity index (χ3v) is 6.31. The third kappa shape index (κ3) is 4.71. The lowest BCUT2D eigenvalue weighted by Gasteiger charge is -2.21. The number of hydrogen-bond donors (Lipinski definition) is 1. The number of rotatable bonds is 8. The number of methoxy groups -OCH3 is 2. The number of carbonyl (C=O) groups excluding carboxylic acids is 1. The van der Waals surface area contributed by atoms with Gasteiger partial charge in [0.2, 0.25) is 5.88 Å². The van der Waals surface area contributed by atoms with Crippen molar-refractivity contribution in [1.82, 2.24) is 19.4 Å². The average molecular weight is 479 g/mol. The van der Waals surface area contributed by atoms with Crippen LogP contribution in [0.25, 0.3) is 5.69 Å². The van der Waals surface area contributed by atoms with Crippen molar-refractivity contribution in [3.05, 3.63) is 70.0 Å². The molecule has 35 heavy (non-hydrogen) atoms. The zero-order chi connectivity index (χ0) is 24.9. The number of benzene rings is 1. The molecule has 1 unspecified atom stereocenters. The van der Waals surface area contributed by atoms with Crippen molar-refractivity contribution in [2.75, 3.05) is 27.3 Å². The highest BCUT2D eigenvalue weighted by molar-refractivity contribution is 5.96. The minimum absolute atomic E-state index is 0.0654. The molecule has 1 fully saturated rings. The van der Waals surface area contributed by atoms with Gasteiger partial charge in [0.25, 0.3) is 11.5 Å². The summed E-state index contributed by atoms with van der Waals surface area (Å²) >= 11 is 0. The van der Waals surface area contributed by atoms with Gasteiger partial charge in [0, 0.05) is 37.3 Å². The van der Waals surface area contributed by atoms with E-state index in [0.717, 1.165) is 25.0 Å². The third-order valence-electron chi connectivity index (χ3n) is 6.31. The van der Waals surface area contributed by atoms with Gasteiger partial charge in [0.05, 0.1) is 14.2 Å². The van der Waals surface area contributed by atoms with Crippen LogP contribution in [0.2, 0.25) is 0 Å². The number of aromatic nitrogens is 3. The Hall–Kier alpha value is -3.88. The van der Waals surface area contributed by atoms with Crippen molar-refractivity contribution in [3.63, 3.8) is 0 Å². The quantitative estimate of drug-likeness (QED) is 0.529. The van der Waals surface area contributed by atoms with Crippen LogP contribution in [0.4, 0.5) is 0 Å². The number of aryl methyl sites for hydroxylation is 1. The predicted molar refractivity (Wildman–Crippen MR) is 131 cm³/mol. The van der Waals surface area contributed by atoms with Gasteiger partial charge in [-0.15, -0.1) is 0 Å². The summed E-state index contributed by atoms with van der Waals surface area (Å²) in [6.45, 7) is 2.88. The van der Waals surface area contributed by atoms with Crippen LogP contribution in [-0.4, -0.2) is 57.8 Å². The van der Waals surface area contributed by atoms with E-state index >= 15 is 0 Å². The van der Waals surface area contributed by atoms with Crippen molar-refractivity contribution in [3.8, 4) is 23.1 Å². The monoisotopic (exact) mass is 478 g/mol. The number of carbonyl (C=O) groups is 1. The number of unbranched alkanes of at least 4 members (excludes halogenated alkanes) is 1. The van der Waals surface area contributed by atoms with Crippen molar-refractivity contribution < 1.29 is 19.4 Å². The summed E-state index contributed by atoms with van der Waals surface area (Å²) in [5.41, 5.74) is 0.233. The molecule has 1 atom stereocenters. The number of amides is 1. The van der Waals surface area contributed by atoms with Gasteiger partial charge < -0.3 is 19.5 Å². The molecule has 9 nitrogen and oxygen atoms in total. The van der Waals surface area contributed by atoms with E-state index in [-0.39, 0.29) is 11.5 Å². The first kappa shape index (κ1) is 24.3. The molecule has 0 saturated carbocycles. The molecule has 4 rings (SSSR count). The van der Waals surface area contributed by atoms with Crippen LogP contribution in [0.1, 0.15) is 54.0 Å². The van der Waals surface area contributed by atoms with Crippen LogP contribution in [-0.2, 0) is 6.42 Å². The fraction of sp³-hybridized carbons (Fsp3) is 0.385. The van der Waals surface area contributed by atoms with Crippen LogP contribution < -0.4 is 15.0 Å². The van der Waals surface area contributed by atoms with Crippen molar-refractivity contribution in [1.29, 1.82) is 0 Å². The second kappa shape index (κ2) is 10.6. The molecule has 3 aromatic rings. The number of aromatic hydroxyl groups is 1. The maximum Gasteiger partial charge on any atom is 0.275 e. The Kier molecular flexibility index (Phi) is 7.33. The standard InChI is InChI=1S/C26H30N4O5/c1-4-5-12-21-28-24(31)22(25(32)29-15-13-17(16-29)18-9-6-7-14-27-18)26(33)30(21)23-19(34-2)10-8-11-20(23)35-3/h6-11,14,17,31H,4-5,12-13,15-16H2,1-3H3. The van der Waals surface area contributed by atoms with Gasteiger partial charge in [-0.25, -0.2) is 0 Å². The smallest absolute Gasteiger partial charge is 0.275 e. The summed E-state index contributed by atoms with van der Waals surface area (Å²) < 4.78 is 12.4. The van der Waals surface area contributed by atoms with Gasteiger partial charge in [-0.3, -0.25) is 19.1 Å². The molecule has 0 aliphatic carbocycles. The minimum Gasteiger partial charge on any atom is -0.494 e. The Morgan fingerprint density at radius 1 is 1.14 bits per heavy atom. The topological polar surface area (TPSA) is 107 Å². The van der Waals surface area contributed by atoms with E-state index in [1.807, 2.05) is 25.1 Å². The van der Waals surface area contributed by atoms with Crippen molar-refractivity contribution in [2.24, 2.45) is 0 Å². The van der Waals surface area contributed by atoms with Gasteiger partial charge in [0.1, 0.15) is 23.0 Å². The lowest BCUT2D eigenvalue weighted by molar-refractivity contribution is 0.0784. The number of pyridine rings is 1. The SMILES string of the molecule is CCCCc1nc(O)c(C(=O)N2CCC(c3ccccn3)C2)c(=O)n1-c1c(OC)cccc1OC. The van der Waals surface area contributed by atoms with Crippen LogP contribution in [0.15, 0.2) is 47.4 Å². The van der Waals surface area contributed by atoms with E-state index in [0.29, 0.717) is 42.5 Å². The van der Waals surface area contributed by atoms with Gasteiger partial charge in [-0.1, -0.05) is 25.5 Å². The molecule has 1 aromatic carbocycles. The molecule has 9 heteroatoms. The molecule has 3 heterocycles. The molecule has 1 amide bonds. The molecule has 1 aliphatic rings. The van der Waals surface area contributed by atoms with E-state index in [1.54, 1.807) is 29.3 Å². The highest BCUT2D eigenvalue weighted by Gasteiger charge is 2.33. The molecule has 2 aromatic heterocycles. The lowest BCUT2D eigenvalue weighted by atomic mass is 10.0. The first-order valence-corrected chi connectivity index (χ1v) is 11.8. The Morgan fingerprint density at radius 2 is 1.89 bits per heavy atom. The lowest BCUT2D eigenvalue weighted by Crippen LogP contribution is -2.37. The van der Waals surface area contributed by atoms with Gasteiger partial charge in [-0.05, 0) is 37.1 Å². The molecule has 1 N–H and O–H groups in total. The largest absolute Gasteiger partial charge is 0.494 e. The van der Waals surface area contributed by atoms with E-state index in [4.69, 9.17) is 9.47 Å². The summed E-state index contributed by atoms with van der Waals surface area (Å²) in [7, 11) is 2.99. The molecule has 1 saturated heterocycles. The molecule has 1 aliphatic heterocycles. The summed E-state index contributed by atoms with van der Waals surface area (Å²) in [5, 5.41) is 10.8. The Morgan fingerprint density at radius 3 is 2.51 bits per heavy atom. The number of para-hydroxylation sites is 1. The maximum atomic E-state index is 13.9. The van der Waals surface area contributed by atoms with Crippen molar-refractivity contribution >= 4 is 5.91 Å².